The zero-order valence-corrected chi connectivity index (χ0v) is 21.7. The molecule has 0 aromatic heterocycles. The van der Waals surface area contributed by atoms with Gasteiger partial charge in [0.1, 0.15) is 0 Å². The van der Waals surface area contributed by atoms with E-state index < -0.39 is 0 Å². The lowest BCUT2D eigenvalue weighted by Gasteiger charge is -2.55. The van der Waals surface area contributed by atoms with Crippen LogP contribution in [0, 0.1) is 11.3 Å². The minimum atomic E-state index is -0.0605. The van der Waals surface area contributed by atoms with Gasteiger partial charge in [-0.3, -0.25) is 4.90 Å². The first-order valence-corrected chi connectivity index (χ1v) is 14.5. The molecule has 2 aromatic carbocycles. The molecule has 3 aliphatic carbocycles. The van der Waals surface area contributed by atoms with Gasteiger partial charge in [-0.1, -0.05) is 61.5 Å². The molecule has 4 fully saturated rings. The molecule has 3 aliphatic heterocycles. The van der Waals surface area contributed by atoms with E-state index in [4.69, 9.17) is 9.47 Å². The Bertz CT molecular complexity index is 1270. The predicted octanol–water partition coefficient (Wildman–Crippen LogP) is 6.78. The Labute approximate surface area is 215 Å². The second-order valence-corrected chi connectivity index (χ2v) is 12.9. The van der Waals surface area contributed by atoms with E-state index in [1.54, 1.807) is 5.57 Å². The fourth-order valence-corrected chi connectivity index (χ4v) is 9.61. The molecule has 0 amide bonds. The highest BCUT2D eigenvalue weighted by atomic mass is 16.5. The van der Waals surface area contributed by atoms with Crippen molar-refractivity contribution in [2.24, 2.45) is 11.3 Å². The first-order chi connectivity index (χ1) is 17.6. The minimum absolute atomic E-state index is 0.0160. The van der Waals surface area contributed by atoms with Gasteiger partial charge in [0.05, 0.1) is 24.4 Å². The van der Waals surface area contributed by atoms with Gasteiger partial charge < -0.3 is 9.47 Å². The monoisotopic (exact) mass is 481 g/mol. The summed E-state index contributed by atoms with van der Waals surface area (Å²) in [6, 6.07) is 16.7. The van der Waals surface area contributed by atoms with Crippen molar-refractivity contribution in [2.75, 3.05) is 26.3 Å². The van der Waals surface area contributed by atoms with Gasteiger partial charge in [0.25, 0.3) is 0 Å². The second-order valence-electron chi connectivity index (χ2n) is 12.9. The standard InChI is InChI=1S/C33H39NO2/c1-31-13-12-27-21-26-8-9-28(34-16-18-35-19-17-34)22-32(26)14-15-33(27,36-32)30(31)11-10-29(31)25-7-6-23-4-2-3-5-24(23)20-25/h2-7,12,20-21,28-30H,8-11,13-19,22H2,1H3/t28-,29-,30-,31-,32?,33-/m1/s1. The van der Waals surface area contributed by atoms with Crippen LogP contribution >= 0.6 is 0 Å². The summed E-state index contributed by atoms with van der Waals surface area (Å²) in [5.41, 5.74) is 4.88. The molecule has 2 saturated heterocycles. The zero-order chi connectivity index (χ0) is 24.0. The molecule has 6 atom stereocenters. The van der Waals surface area contributed by atoms with Gasteiger partial charge in [0, 0.05) is 19.1 Å². The zero-order valence-electron chi connectivity index (χ0n) is 21.7. The minimum Gasteiger partial charge on any atom is -0.379 e. The van der Waals surface area contributed by atoms with Crippen LogP contribution in [0.15, 0.2) is 65.8 Å². The summed E-state index contributed by atoms with van der Waals surface area (Å²) >= 11 is 0. The quantitative estimate of drug-likeness (QED) is 0.472. The molecule has 0 N–H and O–H groups in total. The van der Waals surface area contributed by atoms with E-state index >= 15 is 0 Å². The second kappa shape index (κ2) is 7.79. The smallest absolute Gasteiger partial charge is 0.0974 e. The third-order valence-electron chi connectivity index (χ3n) is 11.4. The fourth-order valence-electron chi connectivity index (χ4n) is 9.61. The van der Waals surface area contributed by atoms with Gasteiger partial charge in [-0.25, -0.2) is 0 Å². The van der Waals surface area contributed by atoms with Crippen molar-refractivity contribution in [1.29, 1.82) is 0 Å². The van der Waals surface area contributed by atoms with Crippen molar-refractivity contribution >= 4 is 10.8 Å². The fraction of sp³-hybridized carbons (Fsp3) is 0.576. The number of ether oxygens (including phenoxy) is 2. The molecule has 3 nitrogen and oxygen atoms in total. The van der Waals surface area contributed by atoms with Crippen LogP contribution in [0.3, 0.4) is 0 Å². The highest BCUT2D eigenvalue weighted by Crippen LogP contribution is 2.69. The first kappa shape index (κ1) is 22.1. The molecule has 188 valence electrons. The van der Waals surface area contributed by atoms with Crippen LogP contribution in [0.25, 0.3) is 10.8 Å². The van der Waals surface area contributed by atoms with Crippen LogP contribution in [-0.4, -0.2) is 48.4 Å². The van der Waals surface area contributed by atoms with Crippen molar-refractivity contribution in [3.63, 3.8) is 0 Å². The predicted molar refractivity (Wildman–Crippen MR) is 144 cm³/mol. The van der Waals surface area contributed by atoms with Gasteiger partial charge in [0.15, 0.2) is 0 Å². The molecule has 36 heavy (non-hydrogen) atoms. The number of fused-ring (bicyclic) bond motifs is 2. The number of allylic oxidation sites excluding steroid dienone is 1. The van der Waals surface area contributed by atoms with Crippen LogP contribution in [0.2, 0.25) is 0 Å². The number of hydrogen-bond acceptors (Lipinski definition) is 3. The van der Waals surface area contributed by atoms with Crippen LogP contribution in [-0.2, 0) is 9.47 Å². The number of benzene rings is 2. The molecule has 3 heterocycles. The van der Waals surface area contributed by atoms with Crippen LogP contribution in [0.4, 0.5) is 0 Å². The van der Waals surface area contributed by atoms with E-state index in [0.717, 1.165) is 26.3 Å². The topological polar surface area (TPSA) is 21.7 Å². The summed E-state index contributed by atoms with van der Waals surface area (Å²) in [6.07, 6.45) is 15.1. The lowest BCUT2D eigenvalue weighted by molar-refractivity contribution is -0.143. The summed E-state index contributed by atoms with van der Waals surface area (Å²) in [5.74, 6) is 1.22. The SMILES string of the molecule is C[C@]12CC=C3C=C4CC[C@@H](N5CCOCC5)CC45CC[C@]3(O5)[C@@H]1CC[C@@H]2c1ccc2ccccc2c1. The molecule has 2 bridgehead atoms. The highest BCUT2D eigenvalue weighted by Gasteiger charge is 2.66. The van der Waals surface area contributed by atoms with Crippen molar-refractivity contribution in [3.05, 3.63) is 71.3 Å². The van der Waals surface area contributed by atoms with Gasteiger partial charge in [0.2, 0.25) is 0 Å². The molecule has 2 spiro atoms. The molecule has 2 aromatic rings. The maximum absolute atomic E-state index is 7.54. The van der Waals surface area contributed by atoms with Gasteiger partial charge in [-0.05, 0) is 96.1 Å². The lowest BCUT2D eigenvalue weighted by Crippen LogP contribution is -2.56. The Balaban J connectivity index is 1.13. The summed E-state index contributed by atoms with van der Waals surface area (Å²) in [5, 5.41) is 2.73. The van der Waals surface area contributed by atoms with E-state index in [0.29, 0.717) is 17.9 Å². The van der Waals surface area contributed by atoms with E-state index in [-0.39, 0.29) is 16.6 Å². The Morgan fingerprint density at radius 3 is 2.69 bits per heavy atom. The number of hydrogen-bond donors (Lipinski definition) is 0. The molecule has 1 unspecified atom stereocenters. The molecular weight excluding hydrogens is 442 g/mol. The maximum atomic E-state index is 7.54. The summed E-state index contributed by atoms with van der Waals surface area (Å²) in [7, 11) is 0. The number of nitrogens with zero attached hydrogens (tertiary/aromatic N) is 1. The summed E-state index contributed by atoms with van der Waals surface area (Å²) < 4.78 is 13.2. The molecule has 0 radical (unpaired) electrons. The Hall–Kier alpha value is -1.94. The molecule has 6 aliphatic rings. The first-order valence-electron chi connectivity index (χ1n) is 14.5. The van der Waals surface area contributed by atoms with Crippen LogP contribution < -0.4 is 0 Å². The van der Waals surface area contributed by atoms with Crippen molar-refractivity contribution in [3.8, 4) is 0 Å². The van der Waals surface area contributed by atoms with E-state index in [1.165, 1.54) is 73.3 Å². The Morgan fingerprint density at radius 2 is 1.81 bits per heavy atom. The van der Waals surface area contributed by atoms with Crippen molar-refractivity contribution in [2.45, 2.75) is 81.5 Å². The Kier molecular flexibility index (Phi) is 4.78. The summed E-state index contributed by atoms with van der Waals surface area (Å²) in [6.45, 7) is 6.55. The maximum Gasteiger partial charge on any atom is 0.0974 e. The molecular formula is C33H39NO2. The third-order valence-corrected chi connectivity index (χ3v) is 11.4. The molecule has 2 saturated carbocycles. The number of rotatable bonds is 2. The summed E-state index contributed by atoms with van der Waals surface area (Å²) in [4.78, 5) is 2.70. The molecule has 8 rings (SSSR count). The van der Waals surface area contributed by atoms with Crippen LogP contribution in [0.1, 0.15) is 69.8 Å². The van der Waals surface area contributed by atoms with E-state index in [9.17, 15) is 0 Å². The average Bonchev–Trinajstić information content (AvgIpc) is 3.43. The van der Waals surface area contributed by atoms with Gasteiger partial charge in [-0.2, -0.15) is 0 Å². The van der Waals surface area contributed by atoms with Crippen molar-refractivity contribution in [1.82, 2.24) is 4.90 Å². The Morgan fingerprint density at radius 1 is 0.944 bits per heavy atom. The van der Waals surface area contributed by atoms with E-state index in [2.05, 4.69) is 66.4 Å². The normalized spacial score (nSPS) is 41.9. The van der Waals surface area contributed by atoms with E-state index in [1.807, 2.05) is 0 Å². The molecule has 3 heteroatoms. The van der Waals surface area contributed by atoms with Gasteiger partial charge in [-0.15, -0.1) is 0 Å². The highest BCUT2D eigenvalue weighted by molar-refractivity contribution is 5.83. The largest absolute Gasteiger partial charge is 0.379 e. The van der Waals surface area contributed by atoms with Crippen molar-refractivity contribution < 1.29 is 9.47 Å². The van der Waals surface area contributed by atoms with Crippen LogP contribution in [0.5, 0.6) is 0 Å². The third kappa shape index (κ3) is 2.97. The average molecular weight is 482 g/mol. The number of morpholine rings is 1. The van der Waals surface area contributed by atoms with Gasteiger partial charge >= 0.3 is 0 Å². The lowest BCUT2D eigenvalue weighted by atomic mass is 9.58.